The Balaban J connectivity index is 2.46. The van der Waals surface area contributed by atoms with E-state index >= 15 is 0 Å². The first-order chi connectivity index (χ1) is 7.26. The van der Waals surface area contributed by atoms with E-state index in [0.717, 1.165) is 11.5 Å². The highest BCUT2D eigenvalue weighted by atomic mass is 32.2. The predicted octanol–water partition coefficient (Wildman–Crippen LogP) is 1.13. The molecule has 0 aliphatic carbocycles. The molecule has 0 saturated heterocycles. The van der Waals surface area contributed by atoms with E-state index in [1.807, 2.05) is 6.26 Å². The van der Waals surface area contributed by atoms with Gasteiger partial charge >= 0.3 is 0 Å². The molecule has 1 rings (SSSR count). The largest absolute Gasteiger partial charge is 0.377 e. The van der Waals surface area contributed by atoms with Gasteiger partial charge in [-0.3, -0.25) is 5.43 Å². The summed E-state index contributed by atoms with van der Waals surface area (Å²) in [6, 6.07) is 0. The Morgan fingerprint density at radius 3 is 3.33 bits per heavy atom. The standard InChI is InChI=1S/C8H12N4OS2/c1-13-5-7-9-3-6(11-7)4-10-12-8(14)15-2/h3-4H,5H2,1-2H3,(H,9,11)(H,12,14). The first kappa shape index (κ1) is 12.2. The monoisotopic (exact) mass is 244 g/mol. The average molecular weight is 244 g/mol. The van der Waals surface area contributed by atoms with Gasteiger partial charge in [-0.05, 0) is 6.26 Å². The molecule has 0 amide bonds. The number of nitrogens with zero attached hydrogens (tertiary/aromatic N) is 2. The summed E-state index contributed by atoms with van der Waals surface area (Å²) in [6.07, 6.45) is 5.19. The summed E-state index contributed by atoms with van der Waals surface area (Å²) >= 11 is 6.34. The van der Waals surface area contributed by atoms with Crippen molar-refractivity contribution in [3.63, 3.8) is 0 Å². The zero-order valence-electron chi connectivity index (χ0n) is 8.48. The van der Waals surface area contributed by atoms with Crippen LogP contribution in [-0.2, 0) is 11.3 Å². The Morgan fingerprint density at radius 1 is 1.87 bits per heavy atom. The SMILES string of the molecule is COCc1ncc(C=NNC(=S)SC)[nH]1. The maximum Gasteiger partial charge on any atom is 0.153 e. The highest BCUT2D eigenvalue weighted by molar-refractivity contribution is 8.22. The molecule has 0 fully saturated rings. The van der Waals surface area contributed by atoms with E-state index in [2.05, 4.69) is 20.5 Å². The van der Waals surface area contributed by atoms with Crippen molar-refractivity contribution in [2.75, 3.05) is 13.4 Å². The molecule has 1 aromatic rings. The molecule has 0 radical (unpaired) electrons. The summed E-state index contributed by atoms with van der Waals surface area (Å²) < 4.78 is 5.55. The van der Waals surface area contributed by atoms with Crippen LogP contribution in [0.4, 0.5) is 0 Å². The maximum absolute atomic E-state index is 4.92. The molecule has 7 heteroatoms. The smallest absolute Gasteiger partial charge is 0.153 e. The number of hydrogen-bond acceptors (Lipinski definition) is 5. The molecule has 5 nitrogen and oxygen atoms in total. The van der Waals surface area contributed by atoms with Crippen LogP contribution in [0.5, 0.6) is 0 Å². The fraction of sp³-hybridized carbons (Fsp3) is 0.375. The van der Waals surface area contributed by atoms with E-state index in [0.29, 0.717) is 10.9 Å². The van der Waals surface area contributed by atoms with Crippen molar-refractivity contribution in [2.45, 2.75) is 6.61 Å². The van der Waals surface area contributed by atoms with Crippen molar-refractivity contribution in [1.82, 2.24) is 15.4 Å². The summed E-state index contributed by atoms with van der Waals surface area (Å²) in [7, 11) is 1.62. The average Bonchev–Trinajstić information content (AvgIpc) is 2.66. The lowest BCUT2D eigenvalue weighted by Gasteiger charge is -1.95. The van der Waals surface area contributed by atoms with Crippen molar-refractivity contribution in [3.05, 3.63) is 17.7 Å². The van der Waals surface area contributed by atoms with E-state index in [9.17, 15) is 0 Å². The minimum atomic E-state index is 0.463. The van der Waals surface area contributed by atoms with Crippen LogP contribution in [0.3, 0.4) is 0 Å². The molecule has 0 aromatic carbocycles. The zero-order valence-corrected chi connectivity index (χ0v) is 10.1. The van der Waals surface area contributed by atoms with Crippen LogP contribution in [0, 0.1) is 0 Å². The second kappa shape index (κ2) is 6.54. The molecule has 2 N–H and O–H groups in total. The molecule has 0 aliphatic heterocycles. The lowest BCUT2D eigenvalue weighted by atomic mass is 10.5. The zero-order chi connectivity index (χ0) is 11.1. The third-order valence-electron chi connectivity index (χ3n) is 1.47. The summed E-state index contributed by atoms with van der Waals surface area (Å²) in [5.41, 5.74) is 3.51. The Kier molecular flexibility index (Phi) is 5.30. The number of thiocarbonyl (C=S) groups is 1. The van der Waals surface area contributed by atoms with Gasteiger partial charge in [-0.15, -0.1) is 0 Å². The van der Waals surface area contributed by atoms with Gasteiger partial charge in [-0.1, -0.05) is 24.0 Å². The molecule has 0 bridgehead atoms. The highest BCUT2D eigenvalue weighted by Crippen LogP contribution is 1.96. The predicted molar refractivity (Wildman–Crippen MR) is 66.1 cm³/mol. The summed E-state index contributed by atoms with van der Waals surface area (Å²) in [6.45, 7) is 0.463. The van der Waals surface area contributed by atoms with Gasteiger partial charge in [0.1, 0.15) is 12.4 Å². The number of nitrogens with one attached hydrogen (secondary N) is 2. The van der Waals surface area contributed by atoms with Crippen molar-refractivity contribution in [3.8, 4) is 0 Å². The Labute approximate surface area is 97.7 Å². The molecule has 0 aliphatic rings. The molecule has 1 heterocycles. The van der Waals surface area contributed by atoms with E-state index < -0.39 is 0 Å². The molecule has 15 heavy (non-hydrogen) atoms. The van der Waals surface area contributed by atoms with Crippen LogP contribution in [-0.4, -0.2) is 33.9 Å². The maximum atomic E-state index is 4.92. The molecule has 0 unspecified atom stereocenters. The van der Waals surface area contributed by atoms with Gasteiger partial charge in [0.15, 0.2) is 4.32 Å². The van der Waals surface area contributed by atoms with Crippen LogP contribution in [0.2, 0.25) is 0 Å². The fourth-order valence-electron chi connectivity index (χ4n) is 0.854. The molecule has 82 valence electrons. The van der Waals surface area contributed by atoms with Crippen molar-refractivity contribution >= 4 is 34.5 Å². The number of aromatic nitrogens is 2. The van der Waals surface area contributed by atoms with Gasteiger partial charge in [0.05, 0.1) is 18.1 Å². The van der Waals surface area contributed by atoms with Gasteiger partial charge in [-0.2, -0.15) is 5.10 Å². The normalized spacial score (nSPS) is 10.8. The summed E-state index contributed by atoms with van der Waals surface area (Å²) in [4.78, 5) is 7.12. The van der Waals surface area contributed by atoms with Gasteiger partial charge < -0.3 is 9.72 Å². The number of rotatable bonds is 4. The molecular weight excluding hydrogens is 232 g/mol. The van der Waals surface area contributed by atoms with Crippen molar-refractivity contribution in [1.29, 1.82) is 0 Å². The number of H-pyrrole nitrogens is 1. The van der Waals surface area contributed by atoms with Crippen LogP contribution < -0.4 is 5.43 Å². The van der Waals surface area contributed by atoms with Crippen LogP contribution >= 0.6 is 24.0 Å². The minimum absolute atomic E-state index is 0.463. The van der Waals surface area contributed by atoms with Crippen molar-refractivity contribution in [2.24, 2.45) is 5.10 Å². The molecule has 0 atom stereocenters. The minimum Gasteiger partial charge on any atom is -0.377 e. The first-order valence-corrected chi connectivity index (χ1v) is 5.79. The quantitative estimate of drug-likeness (QED) is 0.472. The second-order valence-corrected chi connectivity index (χ2v) is 4.06. The third kappa shape index (κ3) is 4.41. The van der Waals surface area contributed by atoms with Crippen molar-refractivity contribution < 1.29 is 4.74 Å². The lowest BCUT2D eigenvalue weighted by molar-refractivity contribution is 0.178. The van der Waals surface area contributed by atoms with E-state index in [4.69, 9.17) is 17.0 Å². The van der Waals surface area contributed by atoms with Gasteiger partial charge in [0.25, 0.3) is 0 Å². The first-order valence-electron chi connectivity index (χ1n) is 4.16. The molecular formula is C8H12N4OS2. The number of methoxy groups -OCH3 is 1. The number of ether oxygens (including phenoxy) is 1. The number of imidazole rings is 1. The summed E-state index contributed by atoms with van der Waals surface area (Å²) in [5, 5.41) is 3.94. The molecule has 0 saturated carbocycles. The van der Waals surface area contributed by atoms with Crippen LogP contribution in [0.25, 0.3) is 0 Å². The van der Waals surface area contributed by atoms with E-state index in [1.165, 1.54) is 11.8 Å². The van der Waals surface area contributed by atoms with Crippen LogP contribution in [0.1, 0.15) is 11.5 Å². The topological polar surface area (TPSA) is 62.3 Å². The fourth-order valence-corrected chi connectivity index (χ4v) is 1.05. The Morgan fingerprint density at radius 2 is 2.67 bits per heavy atom. The number of thioether (sulfide) groups is 1. The Bertz CT molecular complexity index is 350. The molecule has 1 aromatic heterocycles. The van der Waals surface area contributed by atoms with Gasteiger partial charge in [-0.25, -0.2) is 4.98 Å². The van der Waals surface area contributed by atoms with E-state index in [1.54, 1.807) is 19.5 Å². The summed E-state index contributed by atoms with van der Waals surface area (Å²) in [5.74, 6) is 0.770. The second-order valence-electron chi connectivity index (χ2n) is 2.58. The number of hydrogen-bond donors (Lipinski definition) is 2. The number of hydrazone groups is 1. The highest BCUT2D eigenvalue weighted by Gasteiger charge is 1.96. The third-order valence-corrected chi connectivity index (χ3v) is 2.53. The Hall–Kier alpha value is -0.920. The molecule has 0 spiro atoms. The number of aromatic amines is 1. The van der Waals surface area contributed by atoms with Crippen LogP contribution in [0.15, 0.2) is 11.3 Å². The van der Waals surface area contributed by atoms with E-state index in [-0.39, 0.29) is 0 Å². The lowest BCUT2D eigenvalue weighted by Crippen LogP contribution is -2.10. The van der Waals surface area contributed by atoms with Gasteiger partial charge in [0.2, 0.25) is 0 Å². The van der Waals surface area contributed by atoms with Gasteiger partial charge in [0, 0.05) is 7.11 Å².